The summed E-state index contributed by atoms with van der Waals surface area (Å²) in [4.78, 5) is 24.9. The van der Waals surface area contributed by atoms with Gasteiger partial charge in [0.2, 0.25) is 0 Å². The Balaban J connectivity index is 1.43. The van der Waals surface area contributed by atoms with Gasteiger partial charge in [0.05, 0.1) is 14.2 Å². The average molecular weight is 440 g/mol. The summed E-state index contributed by atoms with van der Waals surface area (Å²) in [5, 5.41) is 0. The van der Waals surface area contributed by atoms with Gasteiger partial charge in [-0.05, 0) is 47.5 Å². The third kappa shape index (κ3) is 6.17. The first-order valence-corrected chi connectivity index (χ1v) is 9.92. The van der Waals surface area contributed by atoms with Gasteiger partial charge in [0.15, 0.2) is 11.6 Å². The number of hydrogen-bond acceptors (Lipinski definition) is 9. The summed E-state index contributed by atoms with van der Waals surface area (Å²) in [5.74, 6) is 2.45. The van der Waals surface area contributed by atoms with Crippen molar-refractivity contribution in [3.63, 3.8) is 0 Å². The fourth-order valence-electron chi connectivity index (χ4n) is 2.70. The van der Waals surface area contributed by atoms with E-state index in [0.717, 1.165) is 22.6 Å². The van der Waals surface area contributed by atoms with Crippen LogP contribution in [0.2, 0.25) is 0 Å². The highest BCUT2D eigenvalue weighted by atomic mass is 16.5. The van der Waals surface area contributed by atoms with Crippen molar-refractivity contribution in [2.75, 3.05) is 14.2 Å². The van der Waals surface area contributed by atoms with E-state index in [-0.39, 0.29) is 12.0 Å². The summed E-state index contributed by atoms with van der Waals surface area (Å²) in [5.41, 5.74) is 1.95. The Kier molecular flexibility index (Phi) is 6.92. The molecule has 2 aromatic heterocycles. The lowest BCUT2D eigenvalue weighted by Gasteiger charge is -2.02. The third-order valence-electron chi connectivity index (χ3n) is 4.40. The number of rotatable bonds is 8. The smallest absolute Gasteiger partial charge is 0.327 e. The van der Waals surface area contributed by atoms with Crippen LogP contribution in [0.25, 0.3) is 24.3 Å². The van der Waals surface area contributed by atoms with E-state index in [2.05, 4.69) is 29.9 Å². The first kappa shape index (κ1) is 21.6. The quantitative estimate of drug-likeness (QED) is 0.398. The molecule has 0 N–H and O–H groups in total. The number of nitrogens with zero attached hydrogens (tertiary/aromatic N) is 6. The first-order valence-electron chi connectivity index (χ1n) is 9.92. The molecule has 0 unspecified atom stereocenters. The second-order valence-electron chi connectivity index (χ2n) is 6.57. The van der Waals surface area contributed by atoms with Crippen molar-refractivity contribution in [2.45, 2.75) is 0 Å². The standard InChI is InChI=1S/C24H20N6O3/c1-31-19-9-3-17(4-10-19)7-13-21-25-15-27-23(29-21)33-24-28-16-26-22(30-24)14-8-18-5-11-20(32-2)12-6-18/h3-16H,1-2H3. The van der Waals surface area contributed by atoms with E-state index in [1.807, 2.05) is 60.7 Å². The zero-order chi connectivity index (χ0) is 22.9. The maximum atomic E-state index is 5.60. The zero-order valence-electron chi connectivity index (χ0n) is 18.0. The maximum absolute atomic E-state index is 5.60. The van der Waals surface area contributed by atoms with Gasteiger partial charge in [-0.1, -0.05) is 36.4 Å². The molecule has 0 amide bonds. The van der Waals surface area contributed by atoms with Crippen LogP contribution in [0.4, 0.5) is 0 Å². The number of benzene rings is 2. The topological polar surface area (TPSA) is 105 Å². The number of aromatic nitrogens is 6. The highest BCUT2D eigenvalue weighted by Gasteiger charge is 2.06. The minimum absolute atomic E-state index is 0.0793. The van der Waals surface area contributed by atoms with E-state index < -0.39 is 0 Å². The van der Waals surface area contributed by atoms with Gasteiger partial charge >= 0.3 is 12.0 Å². The Hall–Kier alpha value is -4.66. The lowest BCUT2D eigenvalue weighted by atomic mass is 10.2. The van der Waals surface area contributed by atoms with Gasteiger partial charge in [-0.25, -0.2) is 9.97 Å². The molecule has 0 aliphatic carbocycles. The molecule has 0 saturated heterocycles. The molecule has 0 atom stereocenters. The molecule has 0 fully saturated rings. The number of ether oxygens (including phenoxy) is 3. The van der Waals surface area contributed by atoms with Gasteiger partial charge in [0.1, 0.15) is 24.2 Å². The maximum Gasteiger partial charge on any atom is 0.327 e. The van der Waals surface area contributed by atoms with Crippen molar-refractivity contribution in [1.82, 2.24) is 29.9 Å². The van der Waals surface area contributed by atoms with Gasteiger partial charge in [-0.15, -0.1) is 0 Å². The molecule has 164 valence electrons. The summed E-state index contributed by atoms with van der Waals surface area (Å²) in [6.45, 7) is 0. The van der Waals surface area contributed by atoms with E-state index >= 15 is 0 Å². The molecular weight excluding hydrogens is 420 g/mol. The molecule has 0 bridgehead atoms. The Morgan fingerprint density at radius 2 is 0.970 bits per heavy atom. The molecule has 0 spiro atoms. The SMILES string of the molecule is COc1ccc(C=Cc2ncnc(Oc3ncnc(C=Cc4ccc(OC)cc4)n3)n2)cc1. The van der Waals surface area contributed by atoms with E-state index in [1.165, 1.54) is 12.7 Å². The van der Waals surface area contributed by atoms with Crippen LogP contribution in [-0.2, 0) is 0 Å². The molecule has 33 heavy (non-hydrogen) atoms. The molecule has 9 heteroatoms. The number of hydrogen-bond donors (Lipinski definition) is 0. The van der Waals surface area contributed by atoms with Gasteiger partial charge in [0, 0.05) is 0 Å². The monoisotopic (exact) mass is 440 g/mol. The molecule has 0 aliphatic rings. The predicted octanol–water partition coefficient (Wildman–Crippen LogP) is 4.21. The molecular formula is C24H20N6O3. The van der Waals surface area contributed by atoms with E-state index in [4.69, 9.17) is 14.2 Å². The second kappa shape index (κ2) is 10.6. The van der Waals surface area contributed by atoms with Crippen LogP contribution < -0.4 is 14.2 Å². The highest BCUT2D eigenvalue weighted by molar-refractivity contribution is 5.67. The summed E-state index contributed by atoms with van der Waals surface area (Å²) in [6, 6.07) is 15.4. The molecule has 4 aromatic rings. The molecule has 2 aromatic carbocycles. The third-order valence-corrected chi connectivity index (χ3v) is 4.40. The van der Waals surface area contributed by atoms with Crippen molar-refractivity contribution in [1.29, 1.82) is 0 Å². The largest absolute Gasteiger partial charge is 0.497 e. The van der Waals surface area contributed by atoms with Crippen molar-refractivity contribution < 1.29 is 14.2 Å². The zero-order valence-corrected chi connectivity index (χ0v) is 18.0. The van der Waals surface area contributed by atoms with E-state index in [0.29, 0.717) is 11.6 Å². The van der Waals surface area contributed by atoms with Crippen molar-refractivity contribution >= 4 is 24.3 Å². The molecule has 0 saturated carbocycles. The van der Waals surface area contributed by atoms with Crippen LogP contribution in [0.1, 0.15) is 22.8 Å². The van der Waals surface area contributed by atoms with Crippen molar-refractivity contribution in [2.24, 2.45) is 0 Å². The van der Waals surface area contributed by atoms with Crippen LogP contribution in [-0.4, -0.2) is 44.1 Å². The van der Waals surface area contributed by atoms with Crippen LogP contribution in [0.5, 0.6) is 23.5 Å². The van der Waals surface area contributed by atoms with Crippen molar-refractivity contribution in [3.8, 4) is 23.5 Å². The predicted molar refractivity (Wildman–Crippen MR) is 124 cm³/mol. The molecule has 0 radical (unpaired) electrons. The minimum atomic E-state index is 0.0793. The highest BCUT2D eigenvalue weighted by Crippen LogP contribution is 2.16. The lowest BCUT2D eigenvalue weighted by Crippen LogP contribution is -2.00. The van der Waals surface area contributed by atoms with E-state index in [9.17, 15) is 0 Å². The van der Waals surface area contributed by atoms with Gasteiger partial charge < -0.3 is 14.2 Å². The van der Waals surface area contributed by atoms with Crippen LogP contribution in [0, 0.1) is 0 Å². The van der Waals surface area contributed by atoms with Crippen LogP contribution >= 0.6 is 0 Å². The minimum Gasteiger partial charge on any atom is -0.497 e. The summed E-state index contributed by atoms with van der Waals surface area (Å²) in [6.07, 6.45) is 10.00. The van der Waals surface area contributed by atoms with E-state index in [1.54, 1.807) is 26.4 Å². The van der Waals surface area contributed by atoms with Gasteiger partial charge in [-0.2, -0.15) is 19.9 Å². The fourth-order valence-corrected chi connectivity index (χ4v) is 2.70. The Morgan fingerprint density at radius 1 is 0.545 bits per heavy atom. The Labute approximate surface area is 190 Å². The average Bonchev–Trinajstić information content (AvgIpc) is 2.87. The van der Waals surface area contributed by atoms with Gasteiger partial charge in [-0.3, -0.25) is 0 Å². The second-order valence-corrected chi connectivity index (χ2v) is 6.57. The Bertz CT molecular complexity index is 1160. The molecule has 2 heterocycles. The Morgan fingerprint density at radius 3 is 1.36 bits per heavy atom. The normalized spacial score (nSPS) is 11.1. The lowest BCUT2D eigenvalue weighted by molar-refractivity contribution is 0.402. The molecule has 4 rings (SSSR count). The molecule has 0 aliphatic heterocycles. The van der Waals surface area contributed by atoms with Gasteiger partial charge in [0.25, 0.3) is 0 Å². The van der Waals surface area contributed by atoms with Crippen LogP contribution in [0.15, 0.2) is 61.2 Å². The summed E-state index contributed by atoms with van der Waals surface area (Å²) < 4.78 is 15.9. The fraction of sp³-hybridized carbons (Fsp3) is 0.0833. The first-order chi connectivity index (χ1) is 16.2. The number of methoxy groups -OCH3 is 2. The summed E-state index contributed by atoms with van der Waals surface area (Å²) >= 11 is 0. The molecule has 9 nitrogen and oxygen atoms in total. The van der Waals surface area contributed by atoms with Crippen molar-refractivity contribution in [3.05, 3.63) is 84.0 Å². The summed E-state index contributed by atoms with van der Waals surface area (Å²) in [7, 11) is 3.26. The van der Waals surface area contributed by atoms with Crippen LogP contribution in [0.3, 0.4) is 0 Å².